The highest BCUT2D eigenvalue weighted by molar-refractivity contribution is 7.94. The van der Waals surface area contributed by atoms with Crippen LogP contribution in [0.5, 0.6) is 0 Å². The summed E-state index contributed by atoms with van der Waals surface area (Å²) < 4.78 is 51.3. The van der Waals surface area contributed by atoms with Crippen molar-refractivity contribution < 1.29 is 21.9 Å². The Morgan fingerprint density at radius 3 is 2.55 bits per heavy atom. The fraction of sp³-hybridized carbons (Fsp3) is 0.750. The molecular formula is C16H31ClN4O5S3. The van der Waals surface area contributed by atoms with Gasteiger partial charge in [-0.05, 0) is 45.3 Å². The smallest absolute Gasteiger partial charge is 0.253 e. The Hall–Kier alpha value is -0.310. The molecule has 170 valence electrons. The summed E-state index contributed by atoms with van der Waals surface area (Å²) in [5, 5.41) is 21.5. The van der Waals surface area contributed by atoms with Crippen LogP contribution < -0.4 is 15.8 Å². The Morgan fingerprint density at radius 1 is 1.38 bits per heavy atom. The van der Waals surface area contributed by atoms with Gasteiger partial charge in [0.1, 0.15) is 14.1 Å². The van der Waals surface area contributed by atoms with Gasteiger partial charge < -0.3 is 5.11 Å². The molecule has 1 aromatic heterocycles. The van der Waals surface area contributed by atoms with Gasteiger partial charge in [0, 0.05) is 18.7 Å². The SMILES string of the molecule is CCCNC1(NCC)CN(CCCC(C)O)S(=O)(=O)c2sc(S(N)(=O)=O)cc21.Cl. The highest BCUT2D eigenvalue weighted by Gasteiger charge is 2.48. The molecule has 0 aromatic carbocycles. The fourth-order valence-corrected chi connectivity index (χ4v) is 7.64. The van der Waals surface area contributed by atoms with Gasteiger partial charge in [-0.3, -0.25) is 10.6 Å². The van der Waals surface area contributed by atoms with Crippen LogP contribution >= 0.6 is 23.7 Å². The molecule has 0 amide bonds. The lowest BCUT2D eigenvalue weighted by molar-refractivity contribution is 0.165. The number of likely N-dealkylation sites (N-methyl/N-ethyl adjacent to an activating group) is 1. The third-order valence-electron chi connectivity index (χ3n) is 4.59. The predicted octanol–water partition coefficient (Wildman–Crippen LogP) is 0.745. The van der Waals surface area contributed by atoms with Gasteiger partial charge in [-0.25, -0.2) is 22.0 Å². The Balaban J connectivity index is 0.00000420. The van der Waals surface area contributed by atoms with Gasteiger partial charge in [0.15, 0.2) is 0 Å². The molecule has 0 fully saturated rings. The number of nitrogens with one attached hydrogen (secondary N) is 2. The van der Waals surface area contributed by atoms with Crippen LogP contribution in [0.15, 0.2) is 14.5 Å². The zero-order chi connectivity index (χ0) is 21.2. The number of aliphatic hydroxyl groups is 1. The molecule has 1 aromatic rings. The second kappa shape index (κ2) is 10.3. The maximum absolute atomic E-state index is 13.2. The molecule has 0 radical (unpaired) electrons. The molecule has 0 spiro atoms. The maximum Gasteiger partial charge on any atom is 0.253 e. The van der Waals surface area contributed by atoms with Crippen molar-refractivity contribution >= 4 is 43.8 Å². The molecule has 2 heterocycles. The largest absolute Gasteiger partial charge is 0.393 e. The minimum atomic E-state index is -4.03. The molecule has 1 aliphatic rings. The molecule has 2 atom stereocenters. The number of aliphatic hydroxyl groups excluding tert-OH is 1. The lowest BCUT2D eigenvalue weighted by Gasteiger charge is -2.43. The number of primary sulfonamides is 1. The van der Waals surface area contributed by atoms with E-state index in [2.05, 4.69) is 10.6 Å². The van der Waals surface area contributed by atoms with Crippen LogP contribution in [0, 0.1) is 0 Å². The predicted molar refractivity (Wildman–Crippen MR) is 116 cm³/mol. The van der Waals surface area contributed by atoms with E-state index in [0.717, 1.165) is 6.42 Å². The Morgan fingerprint density at radius 2 is 2.03 bits per heavy atom. The molecule has 0 aliphatic carbocycles. The van der Waals surface area contributed by atoms with Gasteiger partial charge in [0.05, 0.1) is 6.10 Å². The summed E-state index contributed by atoms with van der Waals surface area (Å²) in [6.07, 6.45) is 1.28. The summed E-state index contributed by atoms with van der Waals surface area (Å²) in [5.74, 6) is 0. The van der Waals surface area contributed by atoms with Crippen molar-refractivity contribution in [1.29, 1.82) is 0 Å². The quantitative estimate of drug-likeness (QED) is 0.354. The van der Waals surface area contributed by atoms with Gasteiger partial charge in [0.25, 0.3) is 10.0 Å². The third-order valence-corrected chi connectivity index (χ3v) is 9.50. The van der Waals surface area contributed by atoms with Crippen LogP contribution in [0.4, 0.5) is 0 Å². The first-order valence-corrected chi connectivity index (χ1v) is 13.1. The number of hydrogen-bond donors (Lipinski definition) is 4. The van der Waals surface area contributed by atoms with Crippen molar-refractivity contribution in [1.82, 2.24) is 14.9 Å². The molecule has 2 unspecified atom stereocenters. The Labute approximate surface area is 183 Å². The summed E-state index contributed by atoms with van der Waals surface area (Å²) in [6, 6.07) is 1.37. The van der Waals surface area contributed by atoms with E-state index in [9.17, 15) is 21.9 Å². The minimum absolute atomic E-state index is 0. The van der Waals surface area contributed by atoms with Crippen LogP contribution in [0.3, 0.4) is 0 Å². The maximum atomic E-state index is 13.2. The standard InChI is InChI=1S/C16H30N4O5S3.ClH/c1-4-8-19-16(18-5-2)11-20(9-6-7-12(3)21)28(24,25)15-13(16)10-14(26-15)27(17,22)23;/h10,12,18-19,21H,4-9,11H2,1-3H3,(H2,17,22,23);1H. The molecule has 0 saturated heterocycles. The highest BCUT2D eigenvalue weighted by Crippen LogP contribution is 2.42. The summed E-state index contributed by atoms with van der Waals surface area (Å²) in [7, 11) is -7.90. The van der Waals surface area contributed by atoms with Gasteiger partial charge >= 0.3 is 0 Å². The van der Waals surface area contributed by atoms with Crippen LogP contribution in [0.2, 0.25) is 0 Å². The van der Waals surface area contributed by atoms with Crippen LogP contribution in [-0.2, 0) is 25.7 Å². The van der Waals surface area contributed by atoms with Crippen molar-refractivity contribution in [2.24, 2.45) is 5.14 Å². The first-order chi connectivity index (χ1) is 13.0. The second-order valence-corrected chi connectivity index (χ2v) is 12.0. The monoisotopic (exact) mass is 490 g/mol. The summed E-state index contributed by atoms with van der Waals surface area (Å²) in [4.78, 5) is 0. The topological polar surface area (TPSA) is 142 Å². The van der Waals surface area contributed by atoms with Crippen molar-refractivity contribution in [2.45, 2.75) is 60.2 Å². The van der Waals surface area contributed by atoms with Gasteiger partial charge in [-0.1, -0.05) is 13.8 Å². The average Bonchev–Trinajstić information content (AvgIpc) is 3.05. The van der Waals surface area contributed by atoms with E-state index in [1.165, 1.54) is 10.4 Å². The van der Waals surface area contributed by atoms with E-state index in [1.54, 1.807) is 6.92 Å². The van der Waals surface area contributed by atoms with Gasteiger partial charge in [-0.2, -0.15) is 4.31 Å². The molecule has 29 heavy (non-hydrogen) atoms. The van der Waals surface area contributed by atoms with Crippen molar-refractivity contribution in [3.05, 3.63) is 11.6 Å². The van der Waals surface area contributed by atoms with Crippen molar-refractivity contribution in [3.8, 4) is 0 Å². The number of thiophene rings is 1. The number of nitrogens with zero attached hydrogens (tertiary/aromatic N) is 1. The zero-order valence-corrected chi connectivity index (χ0v) is 20.1. The molecular weight excluding hydrogens is 460 g/mol. The molecule has 13 heteroatoms. The molecule has 9 nitrogen and oxygen atoms in total. The number of halogens is 1. The van der Waals surface area contributed by atoms with Crippen LogP contribution in [-0.4, -0.2) is 58.5 Å². The number of rotatable bonds is 10. The molecule has 0 saturated carbocycles. The van der Waals surface area contributed by atoms with Crippen molar-refractivity contribution in [3.63, 3.8) is 0 Å². The summed E-state index contributed by atoms with van der Waals surface area (Å²) >= 11 is 0.682. The molecule has 5 N–H and O–H groups in total. The van der Waals surface area contributed by atoms with E-state index in [-0.39, 0.29) is 33.9 Å². The summed E-state index contributed by atoms with van der Waals surface area (Å²) in [6.45, 7) is 7.09. The lowest BCUT2D eigenvalue weighted by Crippen LogP contribution is -2.63. The normalized spacial score (nSPS) is 22.7. The Bertz CT molecular complexity index is 888. The van der Waals surface area contributed by atoms with E-state index in [0.29, 0.717) is 42.8 Å². The van der Waals surface area contributed by atoms with E-state index < -0.39 is 31.8 Å². The number of hydrogen-bond acceptors (Lipinski definition) is 8. The Kier molecular flexibility index (Phi) is 9.52. The van der Waals surface area contributed by atoms with Crippen LogP contribution in [0.25, 0.3) is 0 Å². The van der Waals surface area contributed by atoms with Gasteiger partial charge in [0.2, 0.25) is 10.0 Å². The zero-order valence-electron chi connectivity index (χ0n) is 16.8. The van der Waals surface area contributed by atoms with Crippen molar-refractivity contribution in [2.75, 3.05) is 26.2 Å². The second-order valence-electron chi connectivity index (χ2n) is 7.00. The third kappa shape index (κ3) is 5.89. The molecule has 1 aliphatic heterocycles. The molecule has 2 rings (SSSR count). The van der Waals surface area contributed by atoms with Gasteiger partial charge in [-0.15, -0.1) is 23.7 Å². The van der Waals surface area contributed by atoms with E-state index >= 15 is 0 Å². The minimum Gasteiger partial charge on any atom is -0.393 e. The van der Waals surface area contributed by atoms with E-state index in [1.807, 2.05) is 13.8 Å². The fourth-order valence-electron chi connectivity index (χ4n) is 3.30. The molecule has 0 bridgehead atoms. The first-order valence-electron chi connectivity index (χ1n) is 9.33. The van der Waals surface area contributed by atoms with E-state index in [4.69, 9.17) is 5.14 Å². The number of fused-ring (bicyclic) bond motifs is 1. The van der Waals surface area contributed by atoms with Crippen LogP contribution in [0.1, 0.15) is 45.6 Å². The average molecular weight is 491 g/mol. The number of nitrogens with two attached hydrogens (primary N) is 1. The first kappa shape index (κ1) is 26.7. The lowest BCUT2D eigenvalue weighted by atomic mass is 10.0. The summed E-state index contributed by atoms with van der Waals surface area (Å²) in [5.41, 5.74) is -0.515. The number of sulfonamides is 2. The highest BCUT2D eigenvalue weighted by atomic mass is 35.5.